The van der Waals surface area contributed by atoms with E-state index in [2.05, 4.69) is 16.0 Å². The van der Waals surface area contributed by atoms with Gasteiger partial charge in [-0.25, -0.2) is 4.79 Å². The van der Waals surface area contributed by atoms with Gasteiger partial charge in [-0.2, -0.15) is 0 Å². The zero-order valence-corrected chi connectivity index (χ0v) is 15.7. The molecule has 0 spiro atoms. The van der Waals surface area contributed by atoms with Gasteiger partial charge in [-0.05, 0) is 19.3 Å². The van der Waals surface area contributed by atoms with E-state index in [0.29, 0.717) is 6.42 Å². The average Bonchev–Trinajstić information content (AvgIpc) is 2.60. The molecule has 0 saturated carbocycles. The number of carboxylic acids is 2. The Labute approximate surface area is 157 Å². The fourth-order valence-electron chi connectivity index (χ4n) is 1.98. The summed E-state index contributed by atoms with van der Waals surface area (Å²) in [5, 5.41) is 24.4. The van der Waals surface area contributed by atoms with Crippen molar-refractivity contribution in [3.8, 4) is 0 Å². The standard InChI is InChI=1S/C16H28N4O7/c1-4-8(2)13(17)15(25)19-9(3)14(24)18-7-11(21)20-10(16(26)27)5-6-12(22)23/h8-10,13H,4-7,17H2,1-3H3,(H,18,24)(H,19,25)(H,20,21)(H,22,23)(H,26,27). The van der Waals surface area contributed by atoms with Crippen molar-refractivity contribution < 1.29 is 34.2 Å². The highest BCUT2D eigenvalue weighted by atomic mass is 16.4. The smallest absolute Gasteiger partial charge is 0.326 e. The SMILES string of the molecule is CCC(C)C(N)C(=O)NC(C)C(=O)NCC(=O)NC(CCC(=O)O)C(=O)O. The highest BCUT2D eigenvalue weighted by molar-refractivity contribution is 5.92. The van der Waals surface area contributed by atoms with Crippen molar-refractivity contribution in [3.63, 3.8) is 0 Å². The second-order valence-corrected chi connectivity index (χ2v) is 6.25. The lowest BCUT2D eigenvalue weighted by Crippen LogP contribution is -2.53. The van der Waals surface area contributed by atoms with Crippen molar-refractivity contribution >= 4 is 29.7 Å². The van der Waals surface area contributed by atoms with Gasteiger partial charge in [0.25, 0.3) is 0 Å². The van der Waals surface area contributed by atoms with Gasteiger partial charge in [0.05, 0.1) is 12.6 Å². The summed E-state index contributed by atoms with van der Waals surface area (Å²) in [5.41, 5.74) is 5.77. The van der Waals surface area contributed by atoms with Gasteiger partial charge in [0, 0.05) is 6.42 Å². The monoisotopic (exact) mass is 388 g/mol. The summed E-state index contributed by atoms with van der Waals surface area (Å²) in [6.07, 6.45) is -0.0185. The third kappa shape index (κ3) is 9.54. The Balaban J connectivity index is 4.45. The molecule has 0 radical (unpaired) electrons. The molecule has 0 rings (SSSR count). The van der Waals surface area contributed by atoms with Crippen LogP contribution >= 0.6 is 0 Å². The molecule has 27 heavy (non-hydrogen) atoms. The van der Waals surface area contributed by atoms with Crippen LogP contribution in [0.15, 0.2) is 0 Å². The number of carboxylic acid groups (broad SMARTS) is 2. The molecule has 0 aliphatic carbocycles. The predicted octanol–water partition coefficient (Wildman–Crippen LogP) is -1.59. The Morgan fingerprint density at radius 2 is 1.59 bits per heavy atom. The molecule has 11 heteroatoms. The summed E-state index contributed by atoms with van der Waals surface area (Å²) in [5.74, 6) is -4.57. The molecule has 11 nitrogen and oxygen atoms in total. The van der Waals surface area contributed by atoms with Gasteiger partial charge in [-0.3, -0.25) is 19.2 Å². The summed E-state index contributed by atoms with van der Waals surface area (Å²) in [6.45, 7) is 4.59. The van der Waals surface area contributed by atoms with E-state index in [0.717, 1.165) is 0 Å². The fourth-order valence-corrected chi connectivity index (χ4v) is 1.98. The third-order valence-electron chi connectivity index (χ3n) is 4.02. The lowest BCUT2D eigenvalue weighted by atomic mass is 9.99. The van der Waals surface area contributed by atoms with Crippen molar-refractivity contribution in [2.24, 2.45) is 11.7 Å². The highest BCUT2D eigenvalue weighted by Gasteiger charge is 2.24. The van der Waals surface area contributed by atoms with Gasteiger partial charge in [0.15, 0.2) is 0 Å². The molecule has 0 aromatic rings. The molecule has 0 aromatic heterocycles. The number of hydrogen-bond acceptors (Lipinski definition) is 6. The van der Waals surface area contributed by atoms with Crippen LogP contribution in [0.2, 0.25) is 0 Å². The van der Waals surface area contributed by atoms with Gasteiger partial charge in [-0.1, -0.05) is 20.3 Å². The van der Waals surface area contributed by atoms with Crippen LogP contribution in [0.4, 0.5) is 0 Å². The van der Waals surface area contributed by atoms with E-state index in [1.165, 1.54) is 6.92 Å². The molecule has 0 bridgehead atoms. The average molecular weight is 388 g/mol. The summed E-state index contributed by atoms with van der Waals surface area (Å²) in [7, 11) is 0. The van der Waals surface area contributed by atoms with Gasteiger partial charge in [-0.15, -0.1) is 0 Å². The number of hydrogen-bond donors (Lipinski definition) is 6. The first kappa shape index (κ1) is 24.3. The molecular formula is C16H28N4O7. The Hall–Kier alpha value is -2.69. The normalized spacial score (nSPS) is 15.0. The fraction of sp³-hybridized carbons (Fsp3) is 0.688. The highest BCUT2D eigenvalue weighted by Crippen LogP contribution is 2.05. The Kier molecular flexibility index (Phi) is 10.7. The molecule has 4 atom stereocenters. The summed E-state index contributed by atoms with van der Waals surface area (Å²) in [6, 6.07) is -3.09. The quantitative estimate of drug-likeness (QED) is 0.231. The molecule has 0 aromatic carbocycles. The van der Waals surface area contributed by atoms with E-state index in [-0.39, 0.29) is 12.3 Å². The first-order valence-electron chi connectivity index (χ1n) is 8.57. The molecule has 0 heterocycles. The first-order valence-corrected chi connectivity index (χ1v) is 8.57. The first-order chi connectivity index (χ1) is 12.5. The zero-order chi connectivity index (χ0) is 21.1. The van der Waals surface area contributed by atoms with E-state index in [9.17, 15) is 24.0 Å². The lowest BCUT2D eigenvalue weighted by molar-refractivity contribution is -0.143. The van der Waals surface area contributed by atoms with Crippen molar-refractivity contribution in [1.29, 1.82) is 0 Å². The van der Waals surface area contributed by atoms with Crippen LogP contribution in [0.5, 0.6) is 0 Å². The summed E-state index contributed by atoms with van der Waals surface area (Å²) >= 11 is 0. The van der Waals surface area contributed by atoms with Gasteiger partial charge in [0.2, 0.25) is 17.7 Å². The zero-order valence-electron chi connectivity index (χ0n) is 15.7. The van der Waals surface area contributed by atoms with Gasteiger partial charge >= 0.3 is 11.9 Å². The van der Waals surface area contributed by atoms with Crippen LogP contribution in [-0.4, -0.2) is 64.5 Å². The number of amides is 3. The maximum atomic E-state index is 11.9. The molecule has 3 amide bonds. The van der Waals surface area contributed by atoms with Crippen LogP contribution < -0.4 is 21.7 Å². The molecule has 0 aliphatic heterocycles. The Bertz CT molecular complexity index is 567. The molecule has 0 aliphatic rings. The molecule has 7 N–H and O–H groups in total. The van der Waals surface area contributed by atoms with E-state index >= 15 is 0 Å². The van der Waals surface area contributed by atoms with Crippen LogP contribution in [0.25, 0.3) is 0 Å². The van der Waals surface area contributed by atoms with E-state index < -0.39 is 60.8 Å². The number of carbonyl (C=O) groups is 5. The summed E-state index contributed by atoms with van der Waals surface area (Å²) < 4.78 is 0. The maximum absolute atomic E-state index is 11.9. The molecule has 0 saturated heterocycles. The topological polar surface area (TPSA) is 188 Å². The van der Waals surface area contributed by atoms with E-state index in [1.54, 1.807) is 0 Å². The second kappa shape index (κ2) is 11.8. The van der Waals surface area contributed by atoms with Crippen LogP contribution in [-0.2, 0) is 24.0 Å². The molecular weight excluding hydrogens is 360 g/mol. The lowest BCUT2D eigenvalue weighted by Gasteiger charge is -2.21. The Morgan fingerprint density at radius 1 is 1.00 bits per heavy atom. The number of aliphatic carboxylic acids is 2. The van der Waals surface area contributed by atoms with Gasteiger partial charge in [0.1, 0.15) is 12.1 Å². The molecule has 154 valence electrons. The van der Waals surface area contributed by atoms with Crippen LogP contribution in [0, 0.1) is 5.92 Å². The van der Waals surface area contributed by atoms with Crippen molar-refractivity contribution in [1.82, 2.24) is 16.0 Å². The second-order valence-electron chi connectivity index (χ2n) is 6.25. The minimum absolute atomic E-state index is 0.0650. The largest absolute Gasteiger partial charge is 0.481 e. The number of nitrogens with two attached hydrogens (primary N) is 1. The van der Waals surface area contributed by atoms with E-state index in [4.69, 9.17) is 15.9 Å². The van der Waals surface area contributed by atoms with Crippen molar-refractivity contribution in [2.75, 3.05) is 6.54 Å². The minimum atomic E-state index is -1.38. The van der Waals surface area contributed by atoms with Crippen molar-refractivity contribution in [2.45, 2.75) is 58.2 Å². The number of rotatable bonds is 12. The van der Waals surface area contributed by atoms with Crippen molar-refractivity contribution in [3.05, 3.63) is 0 Å². The summed E-state index contributed by atoms with van der Waals surface area (Å²) in [4.78, 5) is 57.1. The Morgan fingerprint density at radius 3 is 2.07 bits per heavy atom. The molecule has 4 unspecified atom stereocenters. The number of nitrogens with one attached hydrogen (secondary N) is 3. The maximum Gasteiger partial charge on any atom is 0.326 e. The minimum Gasteiger partial charge on any atom is -0.481 e. The van der Waals surface area contributed by atoms with Crippen LogP contribution in [0.3, 0.4) is 0 Å². The number of carbonyl (C=O) groups excluding carboxylic acids is 3. The van der Waals surface area contributed by atoms with Gasteiger partial charge < -0.3 is 31.9 Å². The molecule has 0 fully saturated rings. The predicted molar refractivity (Wildman–Crippen MR) is 94.5 cm³/mol. The van der Waals surface area contributed by atoms with Crippen LogP contribution in [0.1, 0.15) is 40.0 Å². The van der Waals surface area contributed by atoms with E-state index in [1.807, 2.05) is 13.8 Å². The third-order valence-corrected chi connectivity index (χ3v) is 4.02.